The summed E-state index contributed by atoms with van der Waals surface area (Å²) in [5.74, 6) is 0.959. The lowest BCUT2D eigenvalue weighted by Gasteiger charge is -2.08. The molecule has 0 heterocycles. The molecule has 6 heteroatoms. The first-order chi connectivity index (χ1) is 9.51. The monoisotopic (exact) mass is 329 g/mol. The molecule has 0 saturated heterocycles. The molecule has 2 aromatic carbocycles. The van der Waals surface area contributed by atoms with Crippen LogP contribution >= 0.6 is 23.2 Å². The van der Waals surface area contributed by atoms with E-state index in [9.17, 15) is 4.21 Å². The van der Waals surface area contributed by atoms with E-state index in [4.69, 9.17) is 33.7 Å². The Kier molecular flexibility index (Phi) is 4.91. The molecule has 2 N–H and O–H groups in total. The molecule has 0 aliphatic heterocycles. The van der Waals surface area contributed by atoms with Gasteiger partial charge in [-0.25, -0.2) is 0 Å². The maximum absolute atomic E-state index is 12.3. The van der Waals surface area contributed by atoms with Gasteiger partial charge in [0.25, 0.3) is 0 Å². The number of halogens is 2. The number of nitrogens with two attached hydrogens (primary N) is 1. The van der Waals surface area contributed by atoms with Crippen molar-refractivity contribution in [2.45, 2.75) is 10.6 Å². The number of methoxy groups -OCH3 is 1. The summed E-state index contributed by atoms with van der Waals surface area (Å²) in [4.78, 5) is 0.633. The Morgan fingerprint density at radius 1 is 1.15 bits per heavy atom. The van der Waals surface area contributed by atoms with Gasteiger partial charge in [0, 0.05) is 4.90 Å². The molecule has 1 atom stereocenters. The minimum absolute atomic E-state index is 0.353. The lowest BCUT2D eigenvalue weighted by atomic mass is 10.2. The first-order valence-corrected chi connectivity index (χ1v) is 7.84. The highest BCUT2D eigenvalue weighted by atomic mass is 35.5. The van der Waals surface area contributed by atoms with Gasteiger partial charge in [-0.2, -0.15) is 0 Å². The lowest BCUT2D eigenvalue weighted by Crippen LogP contribution is -1.99. The molecule has 0 aliphatic rings. The summed E-state index contributed by atoms with van der Waals surface area (Å²) >= 11 is 11.8. The van der Waals surface area contributed by atoms with E-state index < -0.39 is 10.8 Å². The van der Waals surface area contributed by atoms with Crippen LogP contribution in [-0.4, -0.2) is 11.3 Å². The fraction of sp³-hybridized carbons (Fsp3) is 0.143. The average molecular weight is 330 g/mol. The van der Waals surface area contributed by atoms with Crippen molar-refractivity contribution in [1.29, 1.82) is 0 Å². The predicted octanol–water partition coefficient (Wildman–Crippen LogP) is 3.89. The van der Waals surface area contributed by atoms with Crippen molar-refractivity contribution in [1.82, 2.24) is 0 Å². The molecule has 20 heavy (non-hydrogen) atoms. The average Bonchev–Trinajstić information content (AvgIpc) is 2.42. The Labute approximate surface area is 130 Å². The van der Waals surface area contributed by atoms with Crippen LogP contribution in [0.25, 0.3) is 0 Å². The maximum Gasteiger partial charge on any atom is 0.141 e. The normalized spacial score (nSPS) is 12.2. The fourth-order valence-electron chi connectivity index (χ4n) is 1.73. The van der Waals surface area contributed by atoms with Gasteiger partial charge in [0.2, 0.25) is 0 Å². The van der Waals surface area contributed by atoms with Crippen LogP contribution in [0.1, 0.15) is 5.56 Å². The molecule has 2 aromatic rings. The number of anilines is 1. The standard InChI is InChI=1S/C14H13Cl2NO2S/c1-19-14-5-2-9(6-13(14)17)8-20(18)10-3-4-11(15)12(16)7-10/h2-7H,8,17H2,1H3. The van der Waals surface area contributed by atoms with Gasteiger partial charge in [-0.05, 0) is 35.9 Å². The zero-order valence-electron chi connectivity index (χ0n) is 10.7. The van der Waals surface area contributed by atoms with Crippen LogP contribution in [0.4, 0.5) is 5.69 Å². The van der Waals surface area contributed by atoms with E-state index in [2.05, 4.69) is 0 Å². The maximum atomic E-state index is 12.3. The molecule has 0 aliphatic carbocycles. The minimum Gasteiger partial charge on any atom is -0.495 e. The van der Waals surface area contributed by atoms with Crippen molar-refractivity contribution in [3.05, 3.63) is 52.0 Å². The van der Waals surface area contributed by atoms with E-state index in [0.717, 1.165) is 5.56 Å². The topological polar surface area (TPSA) is 52.3 Å². The van der Waals surface area contributed by atoms with Crippen LogP contribution in [0.15, 0.2) is 41.3 Å². The number of hydrogen-bond donors (Lipinski definition) is 1. The van der Waals surface area contributed by atoms with E-state index >= 15 is 0 Å². The molecule has 0 amide bonds. The third-order valence-electron chi connectivity index (χ3n) is 2.75. The second kappa shape index (κ2) is 6.48. The van der Waals surface area contributed by atoms with Crippen LogP contribution in [-0.2, 0) is 16.6 Å². The van der Waals surface area contributed by atoms with Gasteiger partial charge < -0.3 is 10.5 Å². The molecule has 0 fully saturated rings. The Bertz CT molecular complexity index is 662. The third-order valence-corrected chi connectivity index (χ3v) is 4.86. The molecule has 0 aromatic heterocycles. The van der Waals surface area contributed by atoms with Crippen molar-refractivity contribution >= 4 is 39.7 Å². The quantitative estimate of drug-likeness (QED) is 0.865. The zero-order chi connectivity index (χ0) is 14.7. The van der Waals surface area contributed by atoms with Gasteiger partial charge in [-0.3, -0.25) is 4.21 Å². The van der Waals surface area contributed by atoms with Crippen LogP contribution < -0.4 is 10.5 Å². The second-order valence-electron chi connectivity index (χ2n) is 4.14. The smallest absolute Gasteiger partial charge is 0.141 e. The SMILES string of the molecule is COc1ccc(CS(=O)c2ccc(Cl)c(Cl)c2)cc1N. The largest absolute Gasteiger partial charge is 0.495 e. The van der Waals surface area contributed by atoms with Crippen LogP contribution in [0, 0.1) is 0 Å². The molecule has 0 saturated carbocycles. The Morgan fingerprint density at radius 2 is 1.90 bits per heavy atom. The van der Waals surface area contributed by atoms with E-state index in [-0.39, 0.29) is 0 Å². The van der Waals surface area contributed by atoms with Crippen molar-refractivity contribution in [2.75, 3.05) is 12.8 Å². The highest BCUT2D eigenvalue weighted by Crippen LogP contribution is 2.26. The van der Waals surface area contributed by atoms with Gasteiger partial charge in [-0.15, -0.1) is 0 Å². The number of benzene rings is 2. The molecular weight excluding hydrogens is 317 g/mol. The summed E-state index contributed by atoms with van der Waals surface area (Å²) in [6, 6.07) is 10.3. The molecule has 1 unspecified atom stereocenters. The van der Waals surface area contributed by atoms with E-state index in [0.29, 0.717) is 32.1 Å². The first kappa shape index (κ1) is 15.2. The fourth-order valence-corrected chi connectivity index (χ4v) is 3.21. The van der Waals surface area contributed by atoms with Crippen molar-refractivity contribution in [2.24, 2.45) is 0 Å². The van der Waals surface area contributed by atoms with Gasteiger partial charge >= 0.3 is 0 Å². The molecule has 0 bridgehead atoms. The Morgan fingerprint density at radius 3 is 2.50 bits per heavy atom. The predicted molar refractivity (Wildman–Crippen MR) is 84.0 cm³/mol. The van der Waals surface area contributed by atoms with Crippen LogP contribution in [0.3, 0.4) is 0 Å². The second-order valence-corrected chi connectivity index (χ2v) is 6.41. The summed E-state index contributed by atoms with van der Waals surface area (Å²) in [6.45, 7) is 0. The zero-order valence-corrected chi connectivity index (χ0v) is 13.1. The number of ether oxygens (including phenoxy) is 1. The number of rotatable bonds is 4. The van der Waals surface area contributed by atoms with Crippen LogP contribution in [0.5, 0.6) is 5.75 Å². The van der Waals surface area contributed by atoms with E-state index in [1.165, 1.54) is 0 Å². The van der Waals surface area contributed by atoms with Gasteiger partial charge in [0.15, 0.2) is 0 Å². The highest BCUT2D eigenvalue weighted by Gasteiger charge is 2.09. The lowest BCUT2D eigenvalue weighted by molar-refractivity contribution is 0.417. The summed E-state index contributed by atoms with van der Waals surface area (Å²) in [5.41, 5.74) is 7.22. The van der Waals surface area contributed by atoms with Crippen molar-refractivity contribution < 1.29 is 8.95 Å². The third kappa shape index (κ3) is 3.45. The van der Waals surface area contributed by atoms with Crippen LogP contribution in [0.2, 0.25) is 10.0 Å². The number of nitrogen functional groups attached to an aromatic ring is 1. The summed E-state index contributed by atoms with van der Waals surface area (Å²) in [6.07, 6.45) is 0. The Balaban J connectivity index is 2.19. The van der Waals surface area contributed by atoms with E-state index in [1.54, 1.807) is 37.4 Å². The molecule has 0 spiro atoms. The molecule has 0 radical (unpaired) electrons. The highest BCUT2D eigenvalue weighted by molar-refractivity contribution is 7.84. The van der Waals surface area contributed by atoms with Crippen molar-refractivity contribution in [3.8, 4) is 5.75 Å². The van der Waals surface area contributed by atoms with Gasteiger partial charge in [0.1, 0.15) is 5.75 Å². The molecule has 3 nitrogen and oxygen atoms in total. The summed E-state index contributed by atoms with van der Waals surface area (Å²) in [5, 5.41) is 0.841. The van der Waals surface area contributed by atoms with Crippen molar-refractivity contribution in [3.63, 3.8) is 0 Å². The summed E-state index contributed by atoms with van der Waals surface area (Å²) < 4.78 is 17.4. The van der Waals surface area contributed by atoms with Gasteiger partial charge in [-0.1, -0.05) is 29.3 Å². The Hall–Kier alpha value is -1.23. The number of hydrogen-bond acceptors (Lipinski definition) is 3. The molecule has 106 valence electrons. The molecule has 2 rings (SSSR count). The summed E-state index contributed by atoms with van der Waals surface area (Å²) in [7, 11) is 0.346. The first-order valence-electron chi connectivity index (χ1n) is 5.77. The minimum atomic E-state index is -1.21. The van der Waals surface area contributed by atoms with Gasteiger partial charge in [0.05, 0.1) is 39.4 Å². The van der Waals surface area contributed by atoms with E-state index in [1.807, 2.05) is 6.07 Å². The molecular formula is C14H13Cl2NO2S.